The summed E-state index contributed by atoms with van der Waals surface area (Å²) in [5.74, 6) is -0.548. The number of anilines is 1. The number of fused-ring (bicyclic) bond motifs is 1. The van der Waals surface area contributed by atoms with Crippen LogP contribution in [0, 0.1) is 22.9 Å². The van der Waals surface area contributed by atoms with Gasteiger partial charge in [-0.3, -0.25) is 19.9 Å². The number of carbonyl (C=O) groups excluding carboxylic acids is 1. The number of nitro benzene ring substituents is 1. The van der Waals surface area contributed by atoms with Gasteiger partial charge in [-0.2, -0.15) is 0 Å². The van der Waals surface area contributed by atoms with Gasteiger partial charge in [0.2, 0.25) is 0 Å². The molecule has 0 bridgehead atoms. The Labute approximate surface area is 147 Å². The highest BCUT2D eigenvalue weighted by Gasteiger charge is 2.10. The number of carbonyl (C=O) groups is 1. The van der Waals surface area contributed by atoms with E-state index in [1.807, 2.05) is 0 Å². The number of pyridine rings is 1. The summed E-state index contributed by atoms with van der Waals surface area (Å²) in [4.78, 5) is 26.5. The number of ether oxygens (including phenoxy) is 1. The van der Waals surface area contributed by atoms with E-state index in [9.17, 15) is 19.3 Å². The van der Waals surface area contributed by atoms with Crippen LogP contribution >= 0.6 is 0 Å². The van der Waals surface area contributed by atoms with Crippen LogP contribution in [-0.4, -0.2) is 22.4 Å². The van der Waals surface area contributed by atoms with Crippen molar-refractivity contribution in [3.8, 4) is 5.75 Å². The first-order valence-electron chi connectivity index (χ1n) is 7.66. The molecule has 0 fully saturated rings. The molecule has 0 spiro atoms. The topological polar surface area (TPSA) is 94.4 Å². The summed E-state index contributed by atoms with van der Waals surface area (Å²) in [7, 11) is 0. The molecule has 0 saturated carbocycles. The minimum atomic E-state index is -0.521. The largest absolute Gasteiger partial charge is 0.484 e. The van der Waals surface area contributed by atoms with Crippen LogP contribution in [0.3, 0.4) is 0 Å². The highest BCUT2D eigenvalue weighted by atomic mass is 19.1. The lowest BCUT2D eigenvalue weighted by atomic mass is 10.1. The van der Waals surface area contributed by atoms with Crippen molar-refractivity contribution in [2.75, 3.05) is 11.9 Å². The Bertz CT molecular complexity index is 990. The third-order valence-corrected chi connectivity index (χ3v) is 3.59. The van der Waals surface area contributed by atoms with Crippen LogP contribution in [0.4, 0.5) is 15.8 Å². The zero-order valence-electron chi connectivity index (χ0n) is 13.7. The van der Waals surface area contributed by atoms with Crippen molar-refractivity contribution in [3.05, 3.63) is 70.2 Å². The van der Waals surface area contributed by atoms with Gasteiger partial charge in [0.25, 0.3) is 11.6 Å². The molecule has 0 unspecified atom stereocenters. The fourth-order valence-corrected chi connectivity index (χ4v) is 2.43. The van der Waals surface area contributed by atoms with Crippen molar-refractivity contribution in [3.63, 3.8) is 0 Å². The van der Waals surface area contributed by atoms with E-state index >= 15 is 0 Å². The van der Waals surface area contributed by atoms with E-state index in [2.05, 4.69) is 10.3 Å². The van der Waals surface area contributed by atoms with Crippen LogP contribution in [0.2, 0.25) is 0 Å². The molecule has 132 valence electrons. The average molecular weight is 355 g/mol. The van der Waals surface area contributed by atoms with Gasteiger partial charge in [0.1, 0.15) is 11.6 Å². The minimum Gasteiger partial charge on any atom is -0.484 e. The van der Waals surface area contributed by atoms with E-state index in [0.717, 1.165) is 0 Å². The first kappa shape index (κ1) is 17.3. The molecule has 2 aromatic carbocycles. The molecule has 0 radical (unpaired) electrons. The second-order valence-electron chi connectivity index (χ2n) is 5.56. The van der Waals surface area contributed by atoms with Crippen molar-refractivity contribution >= 4 is 28.2 Å². The molecule has 0 aliphatic rings. The number of nitrogens with zero attached hydrogens (tertiary/aromatic N) is 2. The maximum atomic E-state index is 13.5. The molecule has 3 aromatic rings. The van der Waals surface area contributed by atoms with Gasteiger partial charge in [0.15, 0.2) is 6.61 Å². The number of nitrogens with one attached hydrogen (secondary N) is 1. The number of rotatable bonds is 5. The summed E-state index contributed by atoms with van der Waals surface area (Å²) < 4.78 is 18.8. The monoisotopic (exact) mass is 355 g/mol. The molecule has 8 heteroatoms. The highest BCUT2D eigenvalue weighted by Crippen LogP contribution is 2.24. The summed E-state index contributed by atoms with van der Waals surface area (Å²) in [6, 6.07) is 11.2. The van der Waals surface area contributed by atoms with Crippen molar-refractivity contribution in [1.82, 2.24) is 4.98 Å². The number of hydrogen-bond acceptors (Lipinski definition) is 5. The van der Waals surface area contributed by atoms with E-state index in [0.29, 0.717) is 28.0 Å². The normalized spacial score (nSPS) is 10.5. The summed E-state index contributed by atoms with van der Waals surface area (Å²) >= 11 is 0. The standard InChI is InChI=1S/C18H14FN3O4/c1-11-8-17(15-9-12(19)2-7-16(15)20-11)21-18(23)10-26-14-5-3-13(4-6-14)22(24)25/h2-9H,10H2,1H3,(H,20,21,23). The van der Waals surface area contributed by atoms with E-state index in [4.69, 9.17) is 4.74 Å². The SMILES string of the molecule is Cc1cc(NC(=O)COc2ccc([N+](=O)[O-])cc2)c2cc(F)ccc2n1. The molecule has 0 aliphatic carbocycles. The van der Waals surface area contributed by atoms with Crippen LogP contribution in [-0.2, 0) is 4.79 Å². The van der Waals surface area contributed by atoms with Crippen molar-refractivity contribution < 1.29 is 18.8 Å². The first-order chi connectivity index (χ1) is 12.4. The first-order valence-corrected chi connectivity index (χ1v) is 7.66. The van der Waals surface area contributed by atoms with Crippen molar-refractivity contribution in [2.24, 2.45) is 0 Å². The minimum absolute atomic E-state index is 0.0671. The Morgan fingerprint density at radius 1 is 1.23 bits per heavy atom. The molecule has 7 nitrogen and oxygen atoms in total. The van der Waals surface area contributed by atoms with Crippen molar-refractivity contribution in [1.29, 1.82) is 0 Å². The van der Waals surface area contributed by atoms with Gasteiger partial charge in [0.05, 0.1) is 16.1 Å². The number of benzene rings is 2. The van der Waals surface area contributed by atoms with E-state index < -0.39 is 16.6 Å². The van der Waals surface area contributed by atoms with Gasteiger partial charge in [-0.15, -0.1) is 0 Å². The second kappa shape index (κ2) is 7.14. The van der Waals surface area contributed by atoms with Gasteiger partial charge in [-0.05, 0) is 43.3 Å². The maximum Gasteiger partial charge on any atom is 0.269 e. The lowest BCUT2D eigenvalue weighted by molar-refractivity contribution is -0.384. The molecule has 0 atom stereocenters. The Kier molecular flexibility index (Phi) is 4.74. The van der Waals surface area contributed by atoms with Crippen LogP contribution < -0.4 is 10.1 Å². The number of hydrogen-bond donors (Lipinski definition) is 1. The third kappa shape index (κ3) is 3.92. The molecular formula is C18H14FN3O4. The van der Waals surface area contributed by atoms with Crippen LogP contribution in [0.25, 0.3) is 10.9 Å². The van der Waals surface area contributed by atoms with Crippen molar-refractivity contribution in [2.45, 2.75) is 6.92 Å². The van der Waals surface area contributed by atoms with Gasteiger partial charge in [-0.1, -0.05) is 0 Å². The lowest BCUT2D eigenvalue weighted by Gasteiger charge is -2.11. The summed E-state index contributed by atoms with van der Waals surface area (Å²) in [5, 5.41) is 13.8. The fraction of sp³-hybridized carbons (Fsp3) is 0.111. The van der Waals surface area contributed by atoms with E-state index in [1.54, 1.807) is 19.1 Å². The number of non-ortho nitro benzene ring substituents is 1. The zero-order valence-corrected chi connectivity index (χ0v) is 13.7. The lowest BCUT2D eigenvalue weighted by Crippen LogP contribution is -2.20. The smallest absolute Gasteiger partial charge is 0.269 e. The Hall–Kier alpha value is -3.55. The predicted octanol–water partition coefficient (Wildman–Crippen LogP) is 3.61. The molecule has 1 amide bonds. The molecule has 1 aromatic heterocycles. The fourth-order valence-electron chi connectivity index (χ4n) is 2.43. The van der Waals surface area contributed by atoms with E-state index in [-0.39, 0.29) is 12.3 Å². The second-order valence-corrected chi connectivity index (χ2v) is 5.56. The summed E-state index contributed by atoms with van der Waals surface area (Å²) in [6.07, 6.45) is 0. The number of amides is 1. The van der Waals surface area contributed by atoms with Gasteiger partial charge < -0.3 is 10.1 Å². The number of aromatic nitrogens is 1. The summed E-state index contributed by atoms with van der Waals surface area (Å²) in [6.45, 7) is 1.47. The van der Waals surface area contributed by atoms with Gasteiger partial charge >= 0.3 is 0 Å². The van der Waals surface area contributed by atoms with Gasteiger partial charge in [-0.25, -0.2) is 4.39 Å². The number of halogens is 1. The third-order valence-electron chi connectivity index (χ3n) is 3.59. The van der Waals surface area contributed by atoms with Crippen LogP contribution in [0.5, 0.6) is 5.75 Å². The Morgan fingerprint density at radius 2 is 1.96 bits per heavy atom. The Balaban J connectivity index is 1.71. The van der Waals surface area contributed by atoms with Gasteiger partial charge in [0, 0.05) is 23.2 Å². The van der Waals surface area contributed by atoms with Crippen LogP contribution in [0.1, 0.15) is 5.69 Å². The highest BCUT2D eigenvalue weighted by molar-refractivity contribution is 6.01. The molecule has 0 saturated heterocycles. The molecule has 1 heterocycles. The number of nitro groups is 1. The molecule has 1 N–H and O–H groups in total. The predicted molar refractivity (Wildman–Crippen MR) is 93.7 cm³/mol. The quantitative estimate of drug-likeness (QED) is 0.557. The zero-order chi connectivity index (χ0) is 18.7. The maximum absolute atomic E-state index is 13.5. The average Bonchev–Trinajstić information content (AvgIpc) is 2.61. The summed E-state index contributed by atoms with van der Waals surface area (Å²) in [5.41, 5.74) is 1.61. The molecule has 26 heavy (non-hydrogen) atoms. The Morgan fingerprint density at radius 3 is 2.65 bits per heavy atom. The number of aryl methyl sites for hydroxylation is 1. The molecular weight excluding hydrogens is 341 g/mol. The molecule has 3 rings (SSSR count). The van der Waals surface area contributed by atoms with E-state index in [1.165, 1.54) is 36.4 Å². The van der Waals surface area contributed by atoms with Crippen LogP contribution in [0.15, 0.2) is 48.5 Å². The molecule has 0 aliphatic heterocycles.